The van der Waals surface area contributed by atoms with Crippen molar-refractivity contribution in [2.75, 3.05) is 13.7 Å². The number of aliphatic carboxylic acids is 1. The van der Waals surface area contributed by atoms with Crippen LogP contribution in [0.4, 0.5) is 0 Å². The fourth-order valence-corrected chi connectivity index (χ4v) is 2.75. The molecule has 0 saturated carbocycles. The highest BCUT2D eigenvalue weighted by Crippen LogP contribution is 2.28. The first-order valence-electron chi connectivity index (χ1n) is 5.80. The average Bonchev–Trinajstić information content (AvgIpc) is 2.79. The van der Waals surface area contributed by atoms with Crippen molar-refractivity contribution in [1.82, 2.24) is 9.97 Å². The van der Waals surface area contributed by atoms with E-state index in [1.807, 2.05) is 12.1 Å². The molecule has 0 radical (unpaired) electrons. The van der Waals surface area contributed by atoms with Gasteiger partial charge in [-0.3, -0.25) is 9.78 Å². The fourth-order valence-electron chi connectivity index (χ4n) is 1.69. The Kier molecular flexibility index (Phi) is 4.59. The molecule has 0 aliphatic rings. The van der Waals surface area contributed by atoms with Crippen LogP contribution in [0.25, 0.3) is 11.3 Å². The van der Waals surface area contributed by atoms with E-state index in [9.17, 15) is 4.79 Å². The van der Waals surface area contributed by atoms with E-state index in [1.165, 1.54) is 11.3 Å². The van der Waals surface area contributed by atoms with Crippen LogP contribution in [0.2, 0.25) is 0 Å². The van der Waals surface area contributed by atoms with Crippen LogP contribution in [0.5, 0.6) is 0 Å². The van der Waals surface area contributed by atoms with Crippen LogP contribution in [-0.4, -0.2) is 34.8 Å². The molecule has 0 fully saturated rings. The zero-order valence-corrected chi connectivity index (χ0v) is 11.3. The molecule has 19 heavy (non-hydrogen) atoms. The van der Waals surface area contributed by atoms with Crippen molar-refractivity contribution in [3.63, 3.8) is 0 Å². The summed E-state index contributed by atoms with van der Waals surface area (Å²) in [6, 6.07) is 3.67. The number of carboxylic acid groups (broad SMARTS) is 1. The van der Waals surface area contributed by atoms with Crippen molar-refractivity contribution in [1.29, 1.82) is 0 Å². The van der Waals surface area contributed by atoms with Gasteiger partial charge in [-0.25, -0.2) is 4.98 Å². The van der Waals surface area contributed by atoms with E-state index in [0.29, 0.717) is 13.0 Å². The van der Waals surface area contributed by atoms with Crippen LogP contribution >= 0.6 is 11.3 Å². The van der Waals surface area contributed by atoms with Crippen LogP contribution in [0.15, 0.2) is 24.5 Å². The quantitative estimate of drug-likeness (QED) is 0.875. The number of hydrogen-bond acceptors (Lipinski definition) is 5. The standard InChI is InChI=1S/C13H14N2O3S/c1-18-7-4-11-15-13(9-2-5-14-6-3-9)10(19-11)8-12(16)17/h2-3,5-6H,4,7-8H2,1H3,(H,16,17). The lowest BCUT2D eigenvalue weighted by atomic mass is 10.1. The maximum absolute atomic E-state index is 10.9. The van der Waals surface area contributed by atoms with Gasteiger partial charge in [-0.15, -0.1) is 11.3 Å². The molecule has 2 heterocycles. The molecular formula is C13H14N2O3S. The first kappa shape index (κ1) is 13.6. The zero-order chi connectivity index (χ0) is 13.7. The third kappa shape index (κ3) is 3.59. The van der Waals surface area contributed by atoms with Gasteiger partial charge in [0.2, 0.25) is 0 Å². The Morgan fingerprint density at radius 3 is 2.79 bits per heavy atom. The fraction of sp³-hybridized carbons (Fsp3) is 0.308. The molecule has 0 bridgehead atoms. The molecule has 0 aromatic carbocycles. The molecule has 0 unspecified atom stereocenters. The predicted molar refractivity (Wildman–Crippen MR) is 72.3 cm³/mol. The molecule has 2 aromatic rings. The number of nitrogens with zero attached hydrogens (tertiary/aromatic N) is 2. The smallest absolute Gasteiger partial charge is 0.308 e. The number of ether oxygens (including phenoxy) is 1. The van der Waals surface area contributed by atoms with Crippen molar-refractivity contribution in [2.45, 2.75) is 12.8 Å². The molecule has 0 saturated heterocycles. The summed E-state index contributed by atoms with van der Waals surface area (Å²) in [5.74, 6) is -0.850. The lowest BCUT2D eigenvalue weighted by molar-refractivity contribution is -0.136. The van der Waals surface area contributed by atoms with Crippen molar-refractivity contribution < 1.29 is 14.6 Å². The van der Waals surface area contributed by atoms with E-state index in [1.54, 1.807) is 19.5 Å². The summed E-state index contributed by atoms with van der Waals surface area (Å²) in [4.78, 5) is 20.2. The average molecular weight is 278 g/mol. The first-order chi connectivity index (χ1) is 9.20. The van der Waals surface area contributed by atoms with E-state index in [4.69, 9.17) is 9.84 Å². The molecule has 5 nitrogen and oxygen atoms in total. The summed E-state index contributed by atoms with van der Waals surface area (Å²) < 4.78 is 5.02. The lowest BCUT2D eigenvalue weighted by Gasteiger charge is -1.99. The number of rotatable bonds is 6. The molecule has 0 aliphatic heterocycles. The SMILES string of the molecule is COCCc1nc(-c2ccncc2)c(CC(=O)O)s1. The Labute approximate surface area is 114 Å². The molecule has 0 atom stereocenters. The minimum Gasteiger partial charge on any atom is -0.481 e. The van der Waals surface area contributed by atoms with Gasteiger partial charge in [-0.05, 0) is 12.1 Å². The Morgan fingerprint density at radius 2 is 2.16 bits per heavy atom. The topological polar surface area (TPSA) is 72.3 Å². The second kappa shape index (κ2) is 6.40. The monoisotopic (exact) mass is 278 g/mol. The van der Waals surface area contributed by atoms with Gasteiger partial charge in [0, 0.05) is 36.4 Å². The van der Waals surface area contributed by atoms with E-state index in [2.05, 4.69) is 9.97 Å². The van der Waals surface area contributed by atoms with E-state index in [-0.39, 0.29) is 6.42 Å². The normalized spacial score (nSPS) is 10.6. The maximum atomic E-state index is 10.9. The number of aromatic nitrogens is 2. The molecule has 0 aliphatic carbocycles. The van der Waals surface area contributed by atoms with Gasteiger partial charge >= 0.3 is 5.97 Å². The van der Waals surface area contributed by atoms with E-state index >= 15 is 0 Å². The molecule has 0 amide bonds. The van der Waals surface area contributed by atoms with Crippen LogP contribution < -0.4 is 0 Å². The Balaban J connectivity index is 2.33. The van der Waals surface area contributed by atoms with Gasteiger partial charge in [0.1, 0.15) is 0 Å². The largest absolute Gasteiger partial charge is 0.481 e. The van der Waals surface area contributed by atoms with Crippen LogP contribution in [0.3, 0.4) is 0 Å². The van der Waals surface area contributed by atoms with Gasteiger partial charge < -0.3 is 9.84 Å². The van der Waals surface area contributed by atoms with Gasteiger partial charge in [0.15, 0.2) is 0 Å². The summed E-state index contributed by atoms with van der Waals surface area (Å²) in [6.07, 6.45) is 4.03. The van der Waals surface area contributed by atoms with E-state index < -0.39 is 5.97 Å². The highest BCUT2D eigenvalue weighted by molar-refractivity contribution is 7.12. The number of carboxylic acids is 1. The molecule has 6 heteroatoms. The molecule has 1 N–H and O–H groups in total. The zero-order valence-electron chi connectivity index (χ0n) is 10.5. The van der Waals surface area contributed by atoms with Gasteiger partial charge in [0.25, 0.3) is 0 Å². The van der Waals surface area contributed by atoms with Gasteiger partial charge in [-0.1, -0.05) is 0 Å². The third-order valence-corrected chi connectivity index (χ3v) is 3.64. The predicted octanol–water partition coefficient (Wildman–Crippen LogP) is 2.02. The molecular weight excluding hydrogens is 264 g/mol. The summed E-state index contributed by atoms with van der Waals surface area (Å²) in [5, 5.41) is 9.86. The maximum Gasteiger partial charge on any atom is 0.308 e. The summed E-state index contributed by atoms with van der Waals surface area (Å²) in [7, 11) is 1.63. The molecule has 2 rings (SSSR count). The second-order valence-electron chi connectivity index (χ2n) is 3.93. The summed E-state index contributed by atoms with van der Waals surface area (Å²) in [5.41, 5.74) is 1.63. The van der Waals surface area contributed by atoms with Crippen molar-refractivity contribution in [3.8, 4) is 11.3 Å². The van der Waals surface area contributed by atoms with Gasteiger partial charge in [-0.2, -0.15) is 0 Å². The number of pyridine rings is 1. The second-order valence-corrected chi connectivity index (χ2v) is 5.10. The molecule has 0 spiro atoms. The molecule has 100 valence electrons. The Bertz CT molecular complexity index is 554. The summed E-state index contributed by atoms with van der Waals surface area (Å²) in [6.45, 7) is 0.579. The van der Waals surface area contributed by atoms with Crippen LogP contribution in [0.1, 0.15) is 9.88 Å². The molecule has 2 aromatic heterocycles. The third-order valence-electron chi connectivity index (χ3n) is 2.53. The Morgan fingerprint density at radius 1 is 1.42 bits per heavy atom. The highest BCUT2D eigenvalue weighted by Gasteiger charge is 2.15. The Hall–Kier alpha value is -1.79. The number of methoxy groups -OCH3 is 1. The van der Waals surface area contributed by atoms with Crippen molar-refractivity contribution in [3.05, 3.63) is 34.4 Å². The van der Waals surface area contributed by atoms with Gasteiger partial charge in [0.05, 0.1) is 23.7 Å². The lowest BCUT2D eigenvalue weighted by Crippen LogP contribution is -1.99. The van der Waals surface area contributed by atoms with Crippen molar-refractivity contribution >= 4 is 17.3 Å². The number of hydrogen-bond donors (Lipinski definition) is 1. The minimum absolute atomic E-state index is 0.0116. The van der Waals surface area contributed by atoms with Crippen LogP contribution in [0, 0.1) is 0 Å². The first-order valence-corrected chi connectivity index (χ1v) is 6.62. The minimum atomic E-state index is -0.850. The van der Waals surface area contributed by atoms with Crippen molar-refractivity contribution in [2.24, 2.45) is 0 Å². The summed E-state index contributed by atoms with van der Waals surface area (Å²) >= 11 is 1.43. The van der Waals surface area contributed by atoms with E-state index in [0.717, 1.165) is 21.1 Å². The number of thiazole rings is 1. The number of carbonyl (C=O) groups is 1. The highest BCUT2D eigenvalue weighted by atomic mass is 32.1. The van der Waals surface area contributed by atoms with Crippen LogP contribution in [-0.2, 0) is 22.4 Å².